The Kier molecular flexibility index (Phi) is 9.01. The van der Waals surface area contributed by atoms with E-state index < -0.39 is 47.0 Å². The zero-order valence-electron chi connectivity index (χ0n) is 22.3. The number of amides is 4. The minimum absolute atomic E-state index is 0.117. The third-order valence-corrected chi connectivity index (χ3v) is 7.14. The maximum Gasteiger partial charge on any atom is 0.410 e. The summed E-state index contributed by atoms with van der Waals surface area (Å²) in [4.78, 5) is 65.9. The summed E-state index contributed by atoms with van der Waals surface area (Å²) in [6.45, 7) is 6.30. The van der Waals surface area contributed by atoms with E-state index in [1.54, 1.807) is 37.8 Å². The van der Waals surface area contributed by atoms with E-state index >= 15 is 0 Å². The van der Waals surface area contributed by atoms with Gasteiger partial charge in [-0.25, -0.2) is 9.59 Å². The van der Waals surface area contributed by atoms with Crippen LogP contribution in [0.4, 0.5) is 4.79 Å². The van der Waals surface area contributed by atoms with Crippen LogP contribution in [-0.2, 0) is 29.3 Å². The second kappa shape index (κ2) is 11.8. The van der Waals surface area contributed by atoms with Crippen molar-refractivity contribution in [1.82, 2.24) is 15.1 Å². The number of rotatable bonds is 8. The monoisotopic (exact) mass is 530 g/mol. The molecule has 38 heavy (non-hydrogen) atoms. The molecule has 2 aliphatic rings. The topological polar surface area (TPSA) is 159 Å². The number of nitrogens with two attached hydrogens (primary N) is 1. The second-order valence-electron chi connectivity index (χ2n) is 11.0. The highest BCUT2D eigenvalue weighted by molar-refractivity contribution is 5.92. The average Bonchev–Trinajstić information content (AvgIpc) is 3.35. The van der Waals surface area contributed by atoms with Gasteiger partial charge >= 0.3 is 12.1 Å². The number of primary amides is 1. The van der Waals surface area contributed by atoms with E-state index in [4.69, 9.17) is 10.5 Å². The summed E-state index contributed by atoms with van der Waals surface area (Å²) in [6, 6.07) is 7.19. The summed E-state index contributed by atoms with van der Waals surface area (Å²) in [5.41, 5.74) is 4.16. The Morgan fingerprint density at radius 2 is 1.74 bits per heavy atom. The van der Waals surface area contributed by atoms with E-state index in [0.29, 0.717) is 19.4 Å². The van der Waals surface area contributed by atoms with Crippen LogP contribution in [0.15, 0.2) is 30.3 Å². The van der Waals surface area contributed by atoms with E-state index in [1.165, 1.54) is 4.90 Å². The largest absolute Gasteiger partial charge is 0.480 e. The third-order valence-electron chi connectivity index (χ3n) is 7.14. The molecule has 0 radical (unpaired) electrons. The lowest BCUT2D eigenvalue weighted by atomic mass is 9.71. The first-order valence-electron chi connectivity index (χ1n) is 13.0. The van der Waals surface area contributed by atoms with Crippen molar-refractivity contribution in [2.45, 2.75) is 82.4 Å². The number of nitrogens with zero attached hydrogens (tertiary/aromatic N) is 2. The summed E-state index contributed by atoms with van der Waals surface area (Å²) in [5.74, 6) is -2.55. The Morgan fingerprint density at radius 3 is 2.29 bits per heavy atom. The van der Waals surface area contributed by atoms with Crippen molar-refractivity contribution in [2.24, 2.45) is 5.73 Å². The molecule has 2 aliphatic heterocycles. The van der Waals surface area contributed by atoms with Gasteiger partial charge in [0.05, 0.1) is 5.41 Å². The number of carbonyl (C=O) groups excluding carboxylic acids is 4. The van der Waals surface area contributed by atoms with Gasteiger partial charge < -0.3 is 25.8 Å². The Morgan fingerprint density at radius 1 is 1.11 bits per heavy atom. The van der Waals surface area contributed by atoms with Crippen LogP contribution in [0, 0.1) is 0 Å². The minimum Gasteiger partial charge on any atom is -0.480 e. The number of ether oxygens (including phenoxy) is 1. The minimum atomic E-state index is -1.27. The lowest BCUT2D eigenvalue weighted by Crippen LogP contribution is -2.57. The highest BCUT2D eigenvalue weighted by Gasteiger charge is 2.46. The van der Waals surface area contributed by atoms with Crippen molar-refractivity contribution >= 4 is 29.8 Å². The maximum absolute atomic E-state index is 13.6. The molecule has 11 heteroatoms. The molecule has 2 saturated heterocycles. The Hall–Kier alpha value is -3.63. The van der Waals surface area contributed by atoms with Crippen molar-refractivity contribution in [1.29, 1.82) is 0 Å². The van der Waals surface area contributed by atoms with E-state index in [2.05, 4.69) is 5.32 Å². The molecular formula is C27H38N4O7. The van der Waals surface area contributed by atoms with Crippen LogP contribution in [0.5, 0.6) is 0 Å². The summed E-state index contributed by atoms with van der Waals surface area (Å²) in [6.07, 6.45) is 0.979. The van der Waals surface area contributed by atoms with E-state index in [1.807, 2.05) is 18.2 Å². The van der Waals surface area contributed by atoms with Crippen LogP contribution in [0.2, 0.25) is 0 Å². The Balaban J connectivity index is 1.76. The SMILES string of the molecule is CC(C)(C)OC(=O)N1CCC[C@H]1C(=O)N1CCC(C(=O)N[C@@H](CCC(N)=O)C(=O)O)(c2ccccc2)CC1. The van der Waals surface area contributed by atoms with Gasteiger partial charge in [-0.15, -0.1) is 0 Å². The predicted molar refractivity (Wildman–Crippen MR) is 138 cm³/mol. The Bertz CT molecular complexity index is 1050. The molecule has 0 aromatic heterocycles. The first kappa shape index (κ1) is 28.9. The number of benzene rings is 1. The smallest absolute Gasteiger partial charge is 0.410 e. The summed E-state index contributed by atoms with van der Waals surface area (Å²) in [7, 11) is 0. The fraction of sp³-hybridized carbons (Fsp3) is 0.593. The molecule has 3 rings (SSSR count). The van der Waals surface area contributed by atoms with Gasteiger partial charge in [0, 0.05) is 26.1 Å². The highest BCUT2D eigenvalue weighted by atomic mass is 16.6. The fourth-order valence-electron chi connectivity index (χ4n) is 5.13. The van der Waals surface area contributed by atoms with Crippen LogP contribution >= 0.6 is 0 Å². The molecule has 4 amide bonds. The van der Waals surface area contributed by atoms with Gasteiger partial charge in [0.25, 0.3) is 0 Å². The number of aliphatic carboxylic acids is 1. The number of hydrogen-bond acceptors (Lipinski definition) is 6. The van der Waals surface area contributed by atoms with E-state index in [0.717, 1.165) is 5.56 Å². The van der Waals surface area contributed by atoms with Crippen LogP contribution in [0.3, 0.4) is 0 Å². The number of likely N-dealkylation sites (tertiary alicyclic amines) is 2. The van der Waals surface area contributed by atoms with Gasteiger partial charge in [0.2, 0.25) is 17.7 Å². The summed E-state index contributed by atoms with van der Waals surface area (Å²) in [5, 5.41) is 12.2. The van der Waals surface area contributed by atoms with Crippen molar-refractivity contribution in [3.63, 3.8) is 0 Å². The molecule has 0 aliphatic carbocycles. The Labute approximate surface area is 222 Å². The maximum atomic E-state index is 13.6. The van der Waals surface area contributed by atoms with Gasteiger partial charge in [-0.1, -0.05) is 30.3 Å². The molecule has 2 fully saturated rings. The van der Waals surface area contributed by atoms with Crippen molar-refractivity contribution < 1.29 is 33.8 Å². The van der Waals surface area contributed by atoms with E-state index in [9.17, 15) is 29.1 Å². The predicted octanol–water partition coefficient (Wildman–Crippen LogP) is 1.78. The van der Waals surface area contributed by atoms with Crippen LogP contribution in [-0.4, -0.2) is 82.0 Å². The normalized spacial score (nSPS) is 19.9. The lowest BCUT2D eigenvalue weighted by molar-refractivity contribution is -0.144. The molecular weight excluding hydrogens is 492 g/mol. The number of carboxylic acids is 1. The van der Waals surface area contributed by atoms with Crippen LogP contribution in [0.1, 0.15) is 64.9 Å². The first-order chi connectivity index (χ1) is 17.8. The van der Waals surface area contributed by atoms with Gasteiger partial charge in [-0.3, -0.25) is 19.3 Å². The van der Waals surface area contributed by atoms with Crippen LogP contribution < -0.4 is 11.1 Å². The standard InChI is InChI=1S/C27H38N4O7/c1-26(2,3)38-25(37)31-15-7-10-20(31)22(33)30-16-13-27(14-17-30,18-8-5-4-6-9-18)24(36)29-19(23(34)35)11-12-21(28)32/h4-6,8-9,19-20H,7,10-17H2,1-3H3,(H2,28,32)(H,29,36)(H,34,35)/t19-,20-/m0/s1. The zero-order chi connectivity index (χ0) is 28.1. The summed E-state index contributed by atoms with van der Waals surface area (Å²) < 4.78 is 5.49. The molecule has 1 aromatic rings. The van der Waals surface area contributed by atoms with Gasteiger partial charge in [-0.05, 0) is 58.4 Å². The number of carbonyl (C=O) groups is 5. The lowest BCUT2D eigenvalue weighted by Gasteiger charge is -2.42. The molecule has 1 aromatic carbocycles. The average molecular weight is 531 g/mol. The van der Waals surface area contributed by atoms with Crippen LogP contribution in [0.25, 0.3) is 0 Å². The molecule has 11 nitrogen and oxygen atoms in total. The van der Waals surface area contributed by atoms with Gasteiger partial charge in [-0.2, -0.15) is 0 Å². The van der Waals surface area contributed by atoms with E-state index in [-0.39, 0.29) is 44.7 Å². The molecule has 0 unspecified atom stereocenters. The molecule has 2 atom stereocenters. The number of piperidine rings is 1. The molecule has 4 N–H and O–H groups in total. The van der Waals surface area contributed by atoms with Crippen molar-refractivity contribution in [3.8, 4) is 0 Å². The molecule has 0 bridgehead atoms. The second-order valence-corrected chi connectivity index (χ2v) is 11.0. The number of nitrogens with one attached hydrogen (secondary N) is 1. The van der Waals surface area contributed by atoms with Gasteiger partial charge in [0.15, 0.2) is 0 Å². The highest BCUT2D eigenvalue weighted by Crippen LogP contribution is 2.37. The zero-order valence-corrected chi connectivity index (χ0v) is 22.3. The molecule has 2 heterocycles. The fourth-order valence-corrected chi connectivity index (χ4v) is 5.13. The molecule has 208 valence electrons. The van der Waals surface area contributed by atoms with Crippen molar-refractivity contribution in [3.05, 3.63) is 35.9 Å². The number of carboxylic acid groups (broad SMARTS) is 1. The first-order valence-corrected chi connectivity index (χ1v) is 13.0. The van der Waals surface area contributed by atoms with Crippen molar-refractivity contribution in [2.75, 3.05) is 19.6 Å². The molecule has 0 spiro atoms. The third kappa shape index (κ3) is 6.81. The number of hydrogen-bond donors (Lipinski definition) is 3. The van der Waals surface area contributed by atoms with Gasteiger partial charge in [0.1, 0.15) is 17.7 Å². The molecule has 0 saturated carbocycles. The summed E-state index contributed by atoms with van der Waals surface area (Å²) >= 11 is 0. The quantitative estimate of drug-likeness (QED) is 0.462.